The molecule has 5 heteroatoms. The van der Waals surface area contributed by atoms with Gasteiger partial charge in [-0.2, -0.15) is 0 Å². The number of hydrogen-bond acceptors (Lipinski definition) is 3. The summed E-state index contributed by atoms with van der Waals surface area (Å²) in [6.45, 7) is 1.70. The minimum atomic E-state index is -0.785. The predicted molar refractivity (Wildman–Crippen MR) is 75.8 cm³/mol. The second kappa shape index (κ2) is 5.63. The molecular formula is C13H12BrNO2S. The summed E-state index contributed by atoms with van der Waals surface area (Å²) in [6, 6.07) is 7.87. The van der Waals surface area contributed by atoms with Gasteiger partial charge < -0.3 is 5.11 Å². The average Bonchev–Trinajstić information content (AvgIpc) is 2.77. The summed E-state index contributed by atoms with van der Waals surface area (Å²) in [6.07, 6.45) is 0.477. The molecule has 1 unspecified atom stereocenters. The number of hydrogen-bond donors (Lipinski definition) is 1. The van der Waals surface area contributed by atoms with Gasteiger partial charge in [-0.3, -0.25) is 4.79 Å². The lowest BCUT2D eigenvalue weighted by Gasteiger charge is -2.02. The first kappa shape index (κ1) is 13.2. The van der Waals surface area contributed by atoms with Crippen molar-refractivity contribution in [1.29, 1.82) is 0 Å². The van der Waals surface area contributed by atoms with E-state index in [0.717, 1.165) is 20.7 Å². The van der Waals surface area contributed by atoms with Crippen molar-refractivity contribution in [1.82, 2.24) is 4.98 Å². The molecule has 18 heavy (non-hydrogen) atoms. The first-order valence-corrected chi connectivity index (χ1v) is 7.17. The smallest absolute Gasteiger partial charge is 0.306 e. The van der Waals surface area contributed by atoms with Gasteiger partial charge >= 0.3 is 5.97 Å². The second-order valence-corrected chi connectivity index (χ2v) is 5.85. The number of thiazole rings is 1. The maximum Gasteiger partial charge on any atom is 0.306 e. The molecule has 2 rings (SSSR count). The van der Waals surface area contributed by atoms with Crippen LogP contribution in [0.1, 0.15) is 11.9 Å². The van der Waals surface area contributed by atoms with E-state index >= 15 is 0 Å². The average molecular weight is 326 g/mol. The molecule has 0 amide bonds. The molecule has 0 radical (unpaired) electrons. The van der Waals surface area contributed by atoms with Gasteiger partial charge in [0.25, 0.3) is 0 Å². The molecular weight excluding hydrogens is 314 g/mol. The van der Waals surface area contributed by atoms with Crippen LogP contribution in [0.25, 0.3) is 11.3 Å². The molecule has 2 aromatic rings. The summed E-state index contributed by atoms with van der Waals surface area (Å²) in [5.41, 5.74) is 1.92. The van der Waals surface area contributed by atoms with Crippen LogP contribution in [0.3, 0.4) is 0 Å². The lowest BCUT2D eigenvalue weighted by molar-refractivity contribution is -0.141. The Morgan fingerprint density at radius 3 is 2.89 bits per heavy atom. The van der Waals surface area contributed by atoms with Gasteiger partial charge in [-0.25, -0.2) is 4.98 Å². The monoisotopic (exact) mass is 325 g/mol. The van der Waals surface area contributed by atoms with Crippen LogP contribution in [0.2, 0.25) is 0 Å². The lowest BCUT2D eigenvalue weighted by atomic mass is 10.1. The van der Waals surface area contributed by atoms with Gasteiger partial charge in [0, 0.05) is 21.8 Å². The van der Waals surface area contributed by atoms with Crippen molar-refractivity contribution in [3.05, 3.63) is 39.1 Å². The van der Waals surface area contributed by atoms with Crippen LogP contribution in [0.15, 0.2) is 34.1 Å². The maximum atomic E-state index is 10.8. The van der Waals surface area contributed by atoms with Gasteiger partial charge in [-0.15, -0.1) is 11.3 Å². The minimum Gasteiger partial charge on any atom is -0.481 e. The van der Waals surface area contributed by atoms with Gasteiger partial charge in [0.05, 0.1) is 16.6 Å². The highest BCUT2D eigenvalue weighted by atomic mass is 79.9. The summed E-state index contributed by atoms with van der Waals surface area (Å²) >= 11 is 4.99. The van der Waals surface area contributed by atoms with Crippen LogP contribution in [0, 0.1) is 5.92 Å². The van der Waals surface area contributed by atoms with E-state index in [-0.39, 0.29) is 0 Å². The summed E-state index contributed by atoms with van der Waals surface area (Å²) in [5, 5.41) is 11.7. The fraction of sp³-hybridized carbons (Fsp3) is 0.231. The normalized spacial score (nSPS) is 12.3. The van der Waals surface area contributed by atoms with Crippen molar-refractivity contribution >= 4 is 33.2 Å². The number of aliphatic carboxylic acids is 1. The van der Waals surface area contributed by atoms with E-state index in [2.05, 4.69) is 20.9 Å². The van der Waals surface area contributed by atoms with E-state index < -0.39 is 11.9 Å². The quantitative estimate of drug-likeness (QED) is 0.929. The van der Waals surface area contributed by atoms with Crippen LogP contribution >= 0.6 is 27.3 Å². The number of aromatic nitrogens is 1. The Kier molecular flexibility index (Phi) is 4.14. The molecule has 1 aromatic carbocycles. The summed E-state index contributed by atoms with van der Waals surface area (Å²) in [4.78, 5) is 15.3. The molecule has 0 fully saturated rings. The second-order valence-electron chi connectivity index (χ2n) is 4.05. The number of benzene rings is 1. The maximum absolute atomic E-state index is 10.8. The SMILES string of the molecule is CC(Cc1nc(-c2ccccc2Br)cs1)C(=O)O. The first-order valence-electron chi connectivity index (χ1n) is 5.50. The molecule has 0 saturated carbocycles. The zero-order valence-electron chi connectivity index (χ0n) is 9.76. The van der Waals surface area contributed by atoms with Crippen molar-refractivity contribution in [2.45, 2.75) is 13.3 Å². The van der Waals surface area contributed by atoms with Crippen molar-refractivity contribution in [2.24, 2.45) is 5.92 Å². The highest BCUT2D eigenvalue weighted by Gasteiger charge is 2.15. The van der Waals surface area contributed by atoms with Crippen LogP contribution in [-0.2, 0) is 11.2 Å². The Hall–Kier alpha value is -1.20. The van der Waals surface area contributed by atoms with Gasteiger partial charge in [-0.1, -0.05) is 41.1 Å². The molecule has 0 saturated heterocycles. The molecule has 3 nitrogen and oxygen atoms in total. The number of nitrogens with zero attached hydrogens (tertiary/aromatic N) is 1. The molecule has 0 aliphatic heterocycles. The highest BCUT2D eigenvalue weighted by Crippen LogP contribution is 2.29. The Morgan fingerprint density at radius 2 is 2.22 bits per heavy atom. The Morgan fingerprint density at radius 1 is 1.50 bits per heavy atom. The molecule has 0 aliphatic rings. The van der Waals surface area contributed by atoms with Crippen LogP contribution < -0.4 is 0 Å². The van der Waals surface area contributed by atoms with E-state index in [1.54, 1.807) is 6.92 Å². The third kappa shape index (κ3) is 2.97. The number of carbonyl (C=O) groups is 1. The van der Waals surface area contributed by atoms with E-state index in [9.17, 15) is 4.79 Å². The molecule has 0 bridgehead atoms. The van der Waals surface area contributed by atoms with E-state index in [4.69, 9.17) is 5.11 Å². The zero-order chi connectivity index (χ0) is 13.1. The van der Waals surface area contributed by atoms with E-state index in [1.807, 2.05) is 29.6 Å². The fourth-order valence-corrected chi connectivity index (χ4v) is 2.96. The summed E-state index contributed by atoms with van der Waals surface area (Å²) in [5.74, 6) is -1.18. The van der Waals surface area contributed by atoms with Gasteiger partial charge in [0.1, 0.15) is 0 Å². The number of carboxylic acids is 1. The zero-order valence-corrected chi connectivity index (χ0v) is 12.2. The van der Waals surface area contributed by atoms with E-state index in [0.29, 0.717) is 6.42 Å². The third-order valence-corrected chi connectivity index (χ3v) is 4.17. The molecule has 94 valence electrons. The predicted octanol–water partition coefficient (Wildman–Crippen LogP) is 3.84. The minimum absolute atomic E-state index is 0.400. The Labute approximate surface area is 118 Å². The van der Waals surface area contributed by atoms with Crippen LogP contribution in [0.4, 0.5) is 0 Å². The van der Waals surface area contributed by atoms with Crippen LogP contribution in [-0.4, -0.2) is 16.1 Å². The molecule has 1 aromatic heterocycles. The van der Waals surface area contributed by atoms with E-state index in [1.165, 1.54) is 11.3 Å². The highest BCUT2D eigenvalue weighted by molar-refractivity contribution is 9.10. The van der Waals surface area contributed by atoms with Crippen molar-refractivity contribution in [3.63, 3.8) is 0 Å². The Bertz CT molecular complexity index is 568. The first-order chi connectivity index (χ1) is 8.58. The third-order valence-electron chi connectivity index (χ3n) is 2.60. The molecule has 0 aliphatic carbocycles. The standard InChI is InChI=1S/C13H12BrNO2S/c1-8(13(16)17)6-12-15-11(7-18-12)9-4-2-3-5-10(9)14/h2-5,7-8H,6H2,1H3,(H,16,17). The van der Waals surface area contributed by atoms with Crippen molar-refractivity contribution in [2.75, 3.05) is 0 Å². The van der Waals surface area contributed by atoms with Gasteiger partial charge in [0.15, 0.2) is 0 Å². The van der Waals surface area contributed by atoms with Gasteiger partial charge in [0.2, 0.25) is 0 Å². The number of carboxylic acid groups (broad SMARTS) is 1. The molecule has 1 N–H and O–H groups in total. The lowest BCUT2D eigenvalue weighted by Crippen LogP contribution is -2.11. The topological polar surface area (TPSA) is 50.2 Å². The largest absolute Gasteiger partial charge is 0.481 e. The number of halogens is 1. The Balaban J connectivity index is 2.21. The summed E-state index contributed by atoms with van der Waals surface area (Å²) < 4.78 is 0.994. The molecule has 0 spiro atoms. The number of rotatable bonds is 4. The van der Waals surface area contributed by atoms with Crippen molar-refractivity contribution < 1.29 is 9.90 Å². The van der Waals surface area contributed by atoms with Crippen molar-refractivity contribution in [3.8, 4) is 11.3 Å². The fourth-order valence-electron chi connectivity index (χ4n) is 1.55. The molecule has 1 atom stereocenters. The molecule has 1 heterocycles. The van der Waals surface area contributed by atoms with Gasteiger partial charge in [-0.05, 0) is 6.07 Å². The summed E-state index contributed by atoms with van der Waals surface area (Å²) in [7, 11) is 0. The van der Waals surface area contributed by atoms with Crippen LogP contribution in [0.5, 0.6) is 0 Å².